The molecular weight excluding hydrogens is 221 g/mol. The fraction of sp³-hybridized carbons (Fsp3) is 0.400. The molecule has 6 heteroatoms. The smallest absolute Gasteiger partial charge is 0.395 e. The highest BCUT2D eigenvalue weighted by Gasteiger charge is 2.29. The molecule has 0 fully saturated rings. The summed E-state index contributed by atoms with van der Waals surface area (Å²) in [6.07, 6.45) is -4.32. The number of hydrogen-bond donors (Lipinski definition) is 3. The van der Waals surface area contributed by atoms with Gasteiger partial charge in [-0.25, -0.2) is 0 Å². The third-order valence-electron chi connectivity index (χ3n) is 2.02. The molecule has 1 unspecified atom stereocenters. The predicted molar refractivity (Wildman–Crippen MR) is 55.0 cm³/mol. The first-order valence-electron chi connectivity index (χ1n) is 4.71. The molecule has 0 saturated carbocycles. The molecule has 4 N–H and O–H groups in total. The van der Waals surface area contributed by atoms with Crippen LogP contribution in [0.15, 0.2) is 24.3 Å². The standard InChI is InChI=1S/C10H13F3N2O/c11-10(12,13)7-1-3-9(4-2-7)15-5-8(14)6-16/h1-4,8,15-16H,5-6,14H2. The topological polar surface area (TPSA) is 58.3 Å². The van der Waals surface area contributed by atoms with Crippen molar-refractivity contribution < 1.29 is 18.3 Å². The van der Waals surface area contributed by atoms with Crippen LogP contribution < -0.4 is 11.1 Å². The molecule has 0 spiro atoms. The van der Waals surface area contributed by atoms with Crippen molar-refractivity contribution in [2.75, 3.05) is 18.5 Å². The zero-order chi connectivity index (χ0) is 12.2. The number of nitrogens with two attached hydrogens (primary N) is 1. The van der Waals surface area contributed by atoms with Crippen LogP contribution >= 0.6 is 0 Å². The van der Waals surface area contributed by atoms with Crippen molar-refractivity contribution in [3.63, 3.8) is 0 Å². The highest BCUT2D eigenvalue weighted by molar-refractivity contribution is 5.45. The van der Waals surface area contributed by atoms with Gasteiger partial charge in [0.15, 0.2) is 0 Å². The Hall–Kier alpha value is -1.27. The van der Waals surface area contributed by atoms with Crippen molar-refractivity contribution in [2.45, 2.75) is 12.2 Å². The first kappa shape index (κ1) is 12.8. The maximum Gasteiger partial charge on any atom is 0.416 e. The van der Waals surface area contributed by atoms with Crippen LogP contribution in [0.4, 0.5) is 18.9 Å². The van der Waals surface area contributed by atoms with Crippen LogP contribution in [0, 0.1) is 0 Å². The number of aliphatic hydroxyl groups excluding tert-OH is 1. The van der Waals surface area contributed by atoms with Crippen LogP contribution in [-0.4, -0.2) is 24.3 Å². The SMILES string of the molecule is NC(CO)CNc1ccc(C(F)(F)F)cc1. The molecule has 0 radical (unpaired) electrons. The average molecular weight is 234 g/mol. The molecule has 0 aliphatic rings. The third-order valence-corrected chi connectivity index (χ3v) is 2.02. The highest BCUT2D eigenvalue weighted by Crippen LogP contribution is 2.29. The van der Waals surface area contributed by atoms with E-state index in [1.165, 1.54) is 12.1 Å². The van der Waals surface area contributed by atoms with Crippen molar-refractivity contribution in [1.29, 1.82) is 0 Å². The van der Waals surface area contributed by atoms with E-state index >= 15 is 0 Å². The van der Waals surface area contributed by atoms with Gasteiger partial charge in [0.1, 0.15) is 0 Å². The van der Waals surface area contributed by atoms with Gasteiger partial charge in [-0.1, -0.05) is 0 Å². The van der Waals surface area contributed by atoms with Gasteiger partial charge in [-0.05, 0) is 24.3 Å². The lowest BCUT2D eigenvalue weighted by atomic mass is 10.2. The first-order valence-corrected chi connectivity index (χ1v) is 4.71. The van der Waals surface area contributed by atoms with E-state index in [0.717, 1.165) is 12.1 Å². The molecule has 0 saturated heterocycles. The normalized spacial score (nSPS) is 13.6. The second kappa shape index (κ2) is 5.18. The second-order valence-corrected chi connectivity index (χ2v) is 3.40. The molecule has 0 heterocycles. The molecular formula is C10H13F3N2O. The number of halogens is 3. The summed E-state index contributed by atoms with van der Waals surface area (Å²) in [4.78, 5) is 0. The van der Waals surface area contributed by atoms with Crippen molar-refractivity contribution in [3.8, 4) is 0 Å². The predicted octanol–water partition coefficient (Wildman–Crippen LogP) is 1.44. The van der Waals surface area contributed by atoms with Crippen molar-refractivity contribution >= 4 is 5.69 Å². The Kier molecular flexibility index (Phi) is 4.14. The molecule has 1 aromatic rings. The van der Waals surface area contributed by atoms with Crippen LogP contribution in [0.3, 0.4) is 0 Å². The Morgan fingerprint density at radius 2 is 1.81 bits per heavy atom. The van der Waals surface area contributed by atoms with Crippen LogP contribution in [0.5, 0.6) is 0 Å². The molecule has 16 heavy (non-hydrogen) atoms. The number of aliphatic hydroxyl groups is 1. The molecule has 1 aromatic carbocycles. The maximum atomic E-state index is 12.2. The van der Waals surface area contributed by atoms with Gasteiger partial charge in [-0.15, -0.1) is 0 Å². The second-order valence-electron chi connectivity index (χ2n) is 3.40. The maximum absolute atomic E-state index is 12.2. The summed E-state index contributed by atoms with van der Waals surface area (Å²) in [6.45, 7) is 0.134. The summed E-state index contributed by atoms with van der Waals surface area (Å²) in [7, 11) is 0. The molecule has 90 valence electrons. The number of hydrogen-bond acceptors (Lipinski definition) is 3. The van der Waals surface area contributed by atoms with Crippen molar-refractivity contribution in [1.82, 2.24) is 0 Å². The van der Waals surface area contributed by atoms with Crippen molar-refractivity contribution in [3.05, 3.63) is 29.8 Å². The summed E-state index contributed by atoms with van der Waals surface area (Å²) in [5.74, 6) is 0. The summed E-state index contributed by atoms with van der Waals surface area (Å²) < 4.78 is 36.6. The van der Waals surface area contributed by atoms with E-state index in [9.17, 15) is 13.2 Å². The van der Waals surface area contributed by atoms with E-state index in [0.29, 0.717) is 12.2 Å². The zero-order valence-electron chi connectivity index (χ0n) is 8.46. The number of rotatable bonds is 4. The lowest BCUT2D eigenvalue weighted by Gasteiger charge is -2.12. The molecule has 0 aliphatic carbocycles. The van der Waals surface area contributed by atoms with E-state index in [-0.39, 0.29) is 6.61 Å². The Morgan fingerprint density at radius 1 is 1.25 bits per heavy atom. The Morgan fingerprint density at radius 3 is 2.25 bits per heavy atom. The average Bonchev–Trinajstić information content (AvgIpc) is 2.25. The summed E-state index contributed by atoms with van der Waals surface area (Å²) in [5, 5.41) is 11.5. The van der Waals surface area contributed by atoms with Crippen LogP contribution in [-0.2, 0) is 6.18 Å². The number of benzene rings is 1. The molecule has 0 bridgehead atoms. The molecule has 0 amide bonds. The highest BCUT2D eigenvalue weighted by atomic mass is 19.4. The van der Waals surface area contributed by atoms with E-state index in [1.807, 2.05) is 0 Å². The number of anilines is 1. The first-order chi connectivity index (χ1) is 7.43. The Labute approximate surface area is 91.1 Å². The Bertz CT molecular complexity index is 324. The van der Waals surface area contributed by atoms with E-state index in [1.54, 1.807) is 0 Å². The van der Waals surface area contributed by atoms with Crippen molar-refractivity contribution in [2.24, 2.45) is 5.73 Å². The van der Waals surface area contributed by atoms with E-state index in [4.69, 9.17) is 10.8 Å². The molecule has 1 rings (SSSR count). The van der Waals surface area contributed by atoms with Gasteiger partial charge in [0.05, 0.1) is 12.2 Å². The minimum Gasteiger partial charge on any atom is -0.395 e. The molecule has 3 nitrogen and oxygen atoms in total. The van der Waals surface area contributed by atoms with Gasteiger partial charge in [0, 0.05) is 18.3 Å². The van der Waals surface area contributed by atoms with Gasteiger partial charge in [-0.3, -0.25) is 0 Å². The third kappa shape index (κ3) is 3.71. The quantitative estimate of drug-likeness (QED) is 0.738. The van der Waals surface area contributed by atoms with Gasteiger partial charge >= 0.3 is 6.18 Å². The van der Waals surface area contributed by atoms with Crippen LogP contribution in [0.2, 0.25) is 0 Å². The summed E-state index contributed by atoms with van der Waals surface area (Å²) >= 11 is 0. The van der Waals surface area contributed by atoms with Crippen LogP contribution in [0.1, 0.15) is 5.56 Å². The molecule has 1 atom stereocenters. The minimum absolute atomic E-state index is 0.173. The van der Waals surface area contributed by atoms with Gasteiger partial charge in [0.2, 0.25) is 0 Å². The summed E-state index contributed by atoms with van der Waals surface area (Å²) in [6, 6.07) is 4.21. The van der Waals surface area contributed by atoms with Gasteiger partial charge < -0.3 is 16.2 Å². The largest absolute Gasteiger partial charge is 0.416 e. The summed E-state index contributed by atoms with van der Waals surface area (Å²) in [5.41, 5.74) is 5.28. The van der Waals surface area contributed by atoms with E-state index < -0.39 is 17.8 Å². The number of alkyl halides is 3. The molecule has 0 aliphatic heterocycles. The fourth-order valence-corrected chi connectivity index (χ4v) is 1.09. The minimum atomic E-state index is -4.32. The Balaban J connectivity index is 2.58. The zero-order valence-corrected chi connectivity index (χ0v) is 8.46. The monoisotopic (exact) mass is 234 g/mol. The number of nitrogens with one attached hydrogen (secondary N) is 1. The van der Waals surface area contributed by atoms with E-state index in [2.05, 4.69) is 5.32 Å². The van der Waals surface area contributed by atoms with Gasteiger partial charge in [-0.2, -0.15) is 13.2 Å². The lowest BCUT2D eigenvalue weighted by Crippen LogP contribution is -2.32. The van der Waals surface area contributed by atoms with Gasteiger partial charge in [0.25, 0.3) is 0 Å². The van der Waals surface area contributed by atoms with Crippen LogP contribution in [0.25, 0.3) is 0 Å². The molecule has 0 aromatic heterocycles. The lowest BCUT2D eigenvalue weighted by molar-refractivity contribution is -0.137. The fourth-order valence-electron chi connectivity index (χ4n) is 1.09.